The highest BCUT2D eigenvalue weighted by Gasteiger charge is 2.58. The van der Waals surface area contributed by atoms with Crippen molar-refractivity contribution < 1.29 is 4.52 Å². The molecule has 3 aliphatic rings. The van der Waals surface area contributed by atoms with E-state index >= 15 is 0 Å². The minimum absolute atomic E-state index is 0.443. The van der Waals surface area contributed by atoms with Gasteiger partial charge in [-0.2, -0.15) is 0 Å². The molecule has 0 N–H and O–H groups in total. The summed E-state index contributed by atoms with van der Waals surface area (Å²) in [5, 5.41) is 1.40. The zero-order valence-electron chi connectivity index (χ0n) is 6.68. The Morgan fingerprint density at radius 1 is 1.25 bits per heavy atom. The van der Waals surface area contributed by atoms with Crippen molar-refractivity contribution in [1.29, 1.82) is 0 Å². The largest absolute Gasteiger partial charge is 0.216 e. The van der Waals surface area contributed by atoms with Crippen LogP contribution in [0.3, 0.4) is 0 Å². The van der Waals surface area contributed by atoms with Crippen LogP contribution in [0.2, 0.25) is 0 Å². The summed E-state index contributed by atoms with van der Waals surface area (Å²) in [4.78, 5) is 0. The normalized spacial score (nSPS) is 36.5. The van der Waals surface area contributed by atoms with Gasteiger partial charge in [0.15, 0.2) is 6.10 Å². The molecule has 1 nitrogen and oxygen atoms in total. The van der Waals surface area contributed by atoms with Gasteiger partial charge >= 0.3 is 0 Å². The summed E-state index contributed by atoms with van der Waals surface area (Å²) >= 11 is 0. The van der Waals surface area contributed by atoms with E-state index in [-0.39, 0.29) is 0 Å². The maximum absolute atomic E-state index is 5.82. The van der Waals surface area contributed by atoms with Crippen LogP contribution in [0.1, 0.15) is 0 Å². The fourth-order valence-electron chi connectivity index (χ4n) is 1.86. The molecule has 0 radical (unpaired) electrons. The number of rotatable bonds is 1. The molecule has 4 rings (SSSR count). The lowest BCUT2D eigenvalue weighted by atomic mass is 10.4. The second-order valence-electron chi connectivity index (χ2n) is 3.30. The van der Waals surface area contributed by atoms with E-state index in [1.807, 2.05) is 0 Å². The molecule has 1 aromatic carbocycles. The highest BCUT2D eigenvalue weighted by atomic mass is 31.2. The Bertz CT molecular complexity index is 325. The molecule has 3 aliphatic heterocycles. The molecule has 2 bridgehead atoms. The lowest BCUT2D eigenvalue weighted by Gasteiger charge is -2.28. The first kappa shape index (κ1) is 6.82. The average molecular weight is 177 g/mol. The standard InChI is InChI=1S/C10H10OP/c1-2-4-10(5-3-1)12-7-6-9(8-12)11-12/h1-7,9H,8H2/q+1. The second-order valence-corrected chi connectivity index (χ2v) is 6.28. The second kappa shape index (κ2) is 2.18. The minimum Gasteiger partial charge on any atom is -0.216 e. The van der Waals surface area contributed by atoms with E-state index in [0.717, 1.165) is 0 Å². The van der Waals surface area contributed by atoms with Crippen molar-refractivity contribution in [3.05, 3.63) is 42.2 Å². The van der Waals surface area contributed by atoms with Gasteiger partial charge in [0.05, 0.1) is 5.82 Å². The van der Waals surface area contributed by atoms with Crippen LogP contribution in [0, 0.1) is 0 Å². The fourth-order valence-corrected chi connectivity index (χ4v) is 4.90. The van der Waals surface area contributed by atoms with Gasteiger partial charge in [-0.15, -0.1) is 0 Å². The summed E-state index contributed by atoms with van der Waals surface area (Å²) in [6.07, 6.45) is 3.90. The summed E-state index contributed by atoms with van der Waals surface area (Å²) < 4.78 is 5.82. The Balaban J connectivity index is 2.05. The molecular formula is C10H10OP+. The van der Waals surface area contributed by atoms with Crippen molar-refractivity contribution in [3.63, 3.8) is 0 Å². The molecule has 0 aliphatic carbocycles. The number of benzene rings is 1. The monoisotopic (exact) mass is 177 g/mol. The topological polar surface area (TPSA) is 9.23 Å². The predicted octanol–water partition coefficient (Wildman–Crippen LogP) is 2.17. The molecule has 12 heavy (non-hydrogen) atoms. The van der Waals surface area contributed by atoms with Gasteiger partial charge in [-0.25, -0.2) is 4.52 Å². The van der Waals surface area contributed by atoms with Gasteiger partial charge in [0, 0.05) is 0 Å². The molecule has 2 unspecified atom stereocenters. The first-order valence-corrected chi connectivity index (χ1v) is 6.16. The number of hydrogen-bond acceptors (Lipinski definition) is 1. The van der Waals surface area contributed by atoms with E-state index in [4.69, 9.17) is 4.52 Å². The Labute approximate surface area is 72.5 Å². The zero-order valence-corrected chi connectivity index (χ0v) is 7.58. The van der Waals surface area contributed by atoms with Crippen LogP contribution in [0.4, 0.5) is 0 Å². The highest BCUT2D eigenvalue weighted by molar-refractivity contribution is 7.83. The molecular weight excluding hydrogens is 167 g/mol. The molecule has 0 spiro atoms. The first-order valence-electron chi connectivity index (χ1n) is 4.20. The zero-order chi connectivity index (χ0) is 8.02. The van der Waals surface area contributed by atoms with Gasteiger partial charge < -0.3 is 0 Å². The quantitative estimate of drug-likeness (QED) is 0.597. The van der Waals surface area contributed by atoms with Crippen LogP contribution in [0.25, 0.3) is 0 Å². The first-order chi connectivity index (χ1) is 5.89. The molecule has 3 heterocycles. The maximum Gasteiger partial charge on any atom is 0.206 e. The summed E-state index contributed by atoms with van der Waals surface area (Å²) in [7, 11) is -1.21. The molecule has 1 fully saturated rings. The molecule has 1 aromatic rings. The Hall–Kier alpha value is -0.650. The predicted molar refractivity (Wildman–Crippen MR) is 51.9 cm³/mol. The van der Waals surface area contributed by atoms with Crippen molar-refractivity contribution >= 4 is 12.8 Å². The average Bonchev–Trinajstić information content (AvgIpc) is 2.63. The molecule has 0 saturated carbocycles. The van der Waals surface area contributed by atoms with E-state index in [1.165, 1.54) is 11.5 Å². The van der Waals surface area contributed by atoms with Gasteiger partial charge in [-0.05, 0) is 18.2 Å². The van der Waals surface area contributed by atoms with Crippen LogP contribution in [-0.2, 0) is 4.52 Å². The van der Waals surface area contributed by atoms with Crippen molar-refractivity contribution in [2.45, 2.75) is 6.10 Å². The fraction of sp³-hybridized carbons (Fsp3) is 0.200. The smallest absolute Gasteiger partial charge is 0.206 e. The molecule has 60 valence electrons. The maximum atomic E-state index is 5.82. The molecule has 2 heteroatoms. The third-order valence-corrected chi connectivity index (χ3v) is 5.88. The molecule has 1 saturated heterocycles. The van der Waals surface area contributed by atoms with Crippen molar-refractivity contribution in [3.8, 4) is 0 Å². The van der Waals surface area contributed by atoms with Crippen LogP contribution in [0.5, 0.6) is 0 Å². The molecule has 0 aromatic heterocycles. The lowest BCUT2D eigenvalue weighted by Crippen LogP contribution is -2.29. The van der Waals surface area contributed by atoms with Crippen LogP contribution >= 0.6 is 7.49 Å². The Morgan fingerprint density at radius 3 is 2.58 bits per heavy atom. The van der Waals surface area contributed by atoms with Crippen LogP contribution in [0.15, 0.2) is 42.2 Å². The van der Waals surface area contributed by atoms with E-state index in [9.17, 15) is 0 Å². The van der Waals surface area contributed by atoms with Crippen LogP contribution in [-0.4, -0.2) is 12.3 Å². The lowest BCUT2D eigenvalue weighted by molar-refractivity contribution is 0.260. The van der Waals surface area contributed by atoms with Crippen molar-refractivity contribution in [2.75, 3.05) is 6.16 Å². The van der Waals surface area contributed by atoms with Gasteiger partial charge in [0.1, 0.15) is 11.5 Å². The van der Waals surface area contributed by atoms with E-state index in [2.05, 4.69) is 42.2 Å². The summed E-state index contributed by atoms with van der Waals surface area (Å²) in [6.45, 7) is 0. The Morgan fingerprint density at radius 2 is 2.00 bits per heavy atom. The van der Waals surface area contributed by atoms with Crippen molar-refractivity contribution in [1.82, 2.24) is 0 Å². The van der Waals surface area contributed by atoms with Gasteiger partial charge in [0.2, 0.25) is 7.49 Å². The molecule has 0 amide bonds. The molecule has 2 atom stereocenters. The third-order valence-electron chi connectivity index (χ3n) is 2.51. The van der Waals surface area contributed by atoms with Crippen molar-refractivity contribution in [2.24, 2.45) is 0 Å². The Kier molecular flexibility index (Phi) is 1.24. The summed E-state index contributed by atoms with van der Waals surface area (Å²) in [6, 6.07) is 10.6. The number of hydrogen-bond donors (Lipinski definition) is 0. The minimum atomic E-state index is -1.21. The van der Waals surface area contributed by atoms with E-state index in [1.54, 1.807) is 0 Å². The highest BCUT2D eigenvalue weighted by Crippen LogP contribution is 2.73. The SMILES string of the molecule is C1=C[P+]2(c3ccccc3)CC1O2. The summed E-state index contributed by atoms with van der Waals surface area (Å²) in [5.41, 5.74) is 0. The summed E-state index contributed by atoms with van der Waals surface area (Å²) in [5.74, 6) is 2.30. The van der Waals surface area contributed by atoms with Gasteiger partial charge in [-0.1, -0.05) is 18.2 Å². The van der Waals surface area contributed by atoms with E-state index < -0.39 is 7.49 Å². The van der Waals surface area contributed by atoms with E-state index in [0.29, 0.717) is 6.10 Å². The van der Waals surface area contributed by atoms with Gasteiger partial charge in [-0.3, -0.25) is 0 Å². The third kappa shape index (κ3) is 0.757. The van der Waals surface area contributed by atoms with Crippen LogP contribution < -0.4 is 5.30 Å². The van der Waals surface area contributed by atoms with Gasteiger partial charge in [0.25, 0.3) is 0 Å².